The molecule has 1 N–H and O–H groups in total. The molecule has 5 nitrogen and oxygen atoms in total. The Balaban J connectivity index is 1.83. The van der Waals surface area contributed by atoms with E-state index in [9.17, 15) is 14.7 Å². The molecule has 5 rings (SSSR count). The van der Waals surface area contributed by atoms with Gasteiger partial charge in [0.15, 0.2) is 5.43 Å². The summed E-state index contributed by atoms with van der Waals surface area (Å²) in [7, 11) is 0. The van der Waals surface area contributed by atoms with E-state index >= 15 is 0 Å². The number of anilines is 1. The highest BCUT2D eigenvalue weighted by molar-refractivity contribution is 9.10. The van der Waals surface area contributed by atoms with Crippen molar-refractivity contribution >= 4 is 50.1 Å². The number of carbonyl (C=O) groups is 1. The van der Waals surface area contributed by atoms with Crippen molar-refractivity contribution in [2.75, 3.05) is 4.90 Å². The Morgan fingerprint density at radius 1 is 1.00 bits per heavy atom. The van der Waals surface area contributed by atoms with E-state index in [0.29, 0.717) is 27.2 Å². The van der Waals surface area contributed by atoms with Crippen molar-refractivity contribution in [1.82, 2.24) is 0 Å². The van der Waals surface area contributed by atoms with E-state index in [-0.39, 0.29) is 22.5 Å². The molecule has 0 spiro atoms. The van der Waals surface area contributed by atoms with Crippen molar-refractivity contribution in [1.29, 1.82) is 0 Å². The van der Waals surface area contributed by atoms with Crippen LogP contribution in [0.15, 0.2) is 80.4 Å². The maximum Gasteiger partial charge on any atom is 0.295 e. The standard InChI is InChI=1S/C23H13BrClNO4/c24-13-4-7-15(8-5-13)26-20(12-2-1-3-16(27)10-12)19-21(28)17-11-14(25)6-9-18(17)30-22(19)23(26)29/h1-11,20,27H. The van der Waals surface area contributed by atoms with Crippen LogP contribution >= 0.6 is 27.5 Å². The van der Waals surface area contributed by atoms with E-state index < -0.39 is 11.9 Å². The van der Waals surface area contributed by atoms with E-state index in [0.717, 1.165) is 4.47 Å². The lowest BCUT2D eigenvalue weighted by atomic mass is 9.98. The Labute approximate surface area is 184 Å². The Morgan fingerprint density at radius 3 is 2.50 bits per heavy atom. The van der Waals surface area contributed by atoms with E-state index in [1.54, 1.807) is 42.5 Å². The molecule has 4 aromatic rings. The van der Waals surface area contributed by atoms with Crippen LogP contribution < -0.4 is 10.3 Å². The number of nitrogens with zero attached hydrogens (tertiary/aromatic N) is 1. The van der Waals surface area contributed by atoms with Crippen molar-refractivity contribution in [3.05, 3.63) is 103 Å². The van der Waals surface area contributed by atoms with Gasteiger partial charge in [0, 0.05) is 15.2 Å². The van der Waals surface area contributed by atoms with E-state index in [1.807, 2.05) is 12.1 Å². The minimum Gasteiger partial charge on any atom is -0.508 e. The molecule has 2 heterocycles. The van der Waals surface area contributed by atoms with Gasteiger partial charge in [-0.1, -0.05) is 39.7 Å². The first-order chi connectivity index (χ1) is 14.4. The maximum absolute atomic E-state index is 13.5. The van der Waals surface area contributed by atoms with Crippen LogP contribution in [0.25, 0.3) is 11.0 Å². The van der Waals surface area contributed by atoms with Gasteiger partial charge in [0.2, 0.25) is 5.76 Å². The number of hydrogen-bond acceptors (Lipinski definition) is 4. The minimum atomic E-state index is -0.750. The van der Waals surface area contributed by atoms with Crippen LogP contribution in [-0.2, 0) is 0 Å². The zero-order valence-electron chi connectivity index (χ0n) is 15.3. The highest BCUT2D eigenvalue weighted by atomic mass is 79.9. The van der Waals surface area contributed by atoms with Gasteiger partial charge in [-0.25, -0.2) is 0 Å². The number of fused-ring (bicyclic) bond motifs is 2. The molecule has 0 fully saturated rings. The second-order valence-electron chi connectivity index (χ2n) is 6.96. The number of amides is 1. The summed E-state index contributed by atoms with van der Waals surface area (Å²) in [4.78, 5) is 28.4. The molecule has 0 saturated heterocycles. The number of benzene rings is 3. The summed E-state index contributed by atoms with van der Waals surface area (Å²) in [6, 6.07) is 17.7. The second kappa shape index (κ2) is 7.00. The molecule has 0 radical (unpaired) electrons. The molecule has 1 amide bonds. The van der Waals surface area contributed by atoms with Gasteiger partial charge in [-0.05, 0) is 60.2 Å². The fraction of sp³-hybridized carbons (Fsp3) is 0.0435. The maximum atomic E-state index is 13.5. The summed E-state index contributed by atoms with van der Waals surface area (Å²) in [5.41, 5.74) is 1.39. The average molecular weight is 483 g/mol. The Kier molecular flexibility index (Phi) is 4.41. The van der Waals surface area contributed by atoms with E-state index in [1.165, 1.54) is 17.0 Å². The van der Waals surface area contributed by atoms with Gasteiger partial charge in [0.25, 0.3) is 5.91 Å². The number of aromatic hydroxyl groups is 1. The van der Waals surface area contributed by atoms with E-state index in [4.69, 9.17) is 16.0 Å². The molecule has 1 aliphatic heterocycles. The summed E-state index contributed by atoms with van der Waals surface area (Å²) < 4.78 is 6.75. The molecule has 0 aliphatic carbocycles. The molecule has 3 aromatic carbocycles. The lowest BCUT2D eigenvalue weighted by Crippen LogP contribution is -2.29. The Bertz CT molecular complexity index is 1380. The molecule has 30 heavy (non-hydrogen) atoms. The highest BCUT2D eigenvalue weighted by Crippen LogP contribution is 2.42. The van der Waals surface area contributed by atoms with Crippen molar-refractivity contribution in [3.63, 3.8) is 0 Å². The van der Waals surface area contributed by atoms with Gasteiger partial charge in [0.1, 0.15) is 11.3 Å². The van der Waals surface area contributed by atoms with Crippen LogP contribution in [0.1, 0.15) is 27.7 Å². The molecule has 1 aliphatic rings. The molecule has 148 valence electrons. The molecular weight excluding hydrogens is 470 g/mol. The number of rotatable bonds is 2. The van der Waals surface area contributed by atoms with Crippen molar-refractivity contribution in [2.24, 2.45) is 0 Å². The Morgan fingerprint density at radius 2 is 1.77 bits per heavy atom. The highest BCUT2D eigenvalue weighted by Gasteiger charge is 2.43. The topological polar surface area (TPSA) is 70.8 Å². The van der Waals surface area contributed by atoms with Crippen LogP contribution in [0, 0.1) is 0 Å². The van der Waals surface area contributed by atoms with Crippen LogP contribution in [0.4, 0.5) is 5.69 Å². The van der Waals surface area contributed by atoms with Gasteiger partial charge in [-0.2, -0.15) is 0 Å². The molecule has 1 atom stereocenters. The van der Waals surface area contributed by atoms with Gasteiger partial charge in [-0.15, -0.1) is 0 Å². The zero-order chi connectivity index (χ0) is 21.0. The number of halogens is 2. The third-order valence-corrected chi connectivity index (χ3v) is 5.89. The lowest BCUT2D eigenvalue weighted by Gasteiger charge is -2.25. The first-order valence-electron chi connectivity index (χ1n) is 9.08. The average Bonchev–Trinajstić information content (AvgIpc) is 3.02. The quantitative estimate of drug-likeness (QED) is 0.400. The van der Waals surface area contributed by atoms with Crippen LogP contribution in [0.5, 0.6) is 5.75 Å². The summed E-state index contributed by atoms with van der Waals surface area (Å²) in [6.45, 7) is 0. The molecule has 7 heteroatoms. The minimum absolute atomic E-state index is 0.00826. The molecule has 0 bridgehead atoms. The smallest absolute Gasteiger partial charge is 0.295 e. The number of hydrogen-bond donors (Lipinski definition) is 1. The molecule has 0 saturated carbocycles. The van der Waals surface area contributed by atoms with Crippen LogP contribution in [0.3, 0.4) is 0 Å². The van der Waals surface area contributed by atoms with Gasteiger partial charge in [-0.3, -0.25) is 14.5 Å². The lowest BCUT2D eigenvalue weighted by molar-refractivity contribution is 0.0971. The first-order valence-corrected chi connectivity index (χ1v) is 10.3. The predicted octanol–water partition coefficient (Wildman–Crippen LogP) is 5.66. The van der Waals surface area contributed by atoms with Crippen molar-refractivity contribution < 1.29 is 14.3 Å². The van der Waals surface area contributed by atoms with Crippen molar-refractivity contribution in [2.45, 2.75) is 6.04 Å². The largest absolute Gasteiger partial charge is 0.508 e. The molecule has 1 unspecified atom stereocenters. The summed E-state index contributed by atoms with van der Waals surface area (Å²) in [5, 5.41) is 10.7. The normalized spacial score (nSPS) is 15.6. The monoisotopic (exact) mass is 481 g/mol. The molecular formula is C23H13BrClNO4. The van der Waals surface area contributed by atoms with Gasteiger partial charge in [0.05, 0.1) is 17.0 Å². The summed E-state index contributed by atoms with van der Waals surface area (Å²) in [6.07, 6.45) is 0. The number of carbonyl (C=O) groups excluding carboxylic acids is 1. The fourth-order valence-electron chi connectivity index (χ4n) is 3.82. The van der Waals surface area contributed by atoms with E-state index in [2.05, 4.69) is 15.9 Å². The summed E-state index contributed by atoms with van der Waals surface area (Å²) >= 11 is 9.49. The predicted molar refractivity (Wildman–Crippen MR) is 118 cm³/mol. The first kappa shape index (κ1) is 18.9. The van der Waals surface area contributed by atoms with Gasteiger partial charge >= 0.3 is 0 Å². The fourth-order valence-corrected chi connectivity index (χ4v) is 4.26. The zero-order valence-corrected chi connectivity index (χ0v) is 17.6. The van der Waals surface area contributed by atoms with Crippen LogP contribution in [-0.4, -0.2) is 11.0 Å². The molecule has 1 aromatic heterocycles. The third kappa shape index (κ3) is 2.91. The second-order valence-corrected chi connectivity index (χ2v) is 8.32. The summed E-state index contributed by atoms with van der Waals surface area (Å²) in [5.74, 6) is -0.391. The number of phenolic OH excluding ortho intramolecular Hbond substituents is 1. The third-order valence-electron chi connectivity index (χ3n) is 5.12. The van der Waals surface area contributed by atoms with Crippen LogP contribution in [0.2, 0.25) is 5.02 Å². The van der Waals surface area contributed by atoms with Crippen molar-refractivity contribution in [3.8, 4) is 5.75 Å². The number of phenols is 1. The van der Waals surface area contributed by atoms with Gasteiger partial charge < -0.3 is 9.52 Å². The SMILES string of the molecule is O=C1c2oc3ccc(Cl)cc3c(=O)c2C(c2cccc(O)c2)N1c1ccc(Br)cc1. The Hall–Kier alpha value is -3.09.